The van der Waals surface area contributed by atoms with Gasteiger partial charge in [-0.1, -0.05) is 31.5 Å². The second-order valence-electron chi connectivity index (χ2n) is 6.11. The summed E-state index contributed by atoms with van der Waals surface area (Å²) >= 11 is 0. The Morgan fingerprint density at radius 3 is 2.81 bits per heavy atom. The SMILES string of the molecule is CCNCc1cc(N(C)CC2CCC2)c2ccccc2n1. The molecule has 3 heteroatoms. The van der Waals surface area contributed by atoms with E-state index in [9.17, 15) is 0 Å². The van der Waals surface area contributed by atoms with Crippen LogP contribution in [0.5, 0.6) is 0 Å². The van der Waals surface area contributed by atoms with Crippen molar-refractivity contribution < 1.29 is 0 Å². The first-order chi connectivity index (χ1) is 10.3. The normalized spacial score (nSPS) is 15.1. The zero-order valence-corrected chi connectivity index (χ0v) is 13.1. The number of benzene rings is 1. The molecule has 1 heterocycles. The quantitative estimate of drug-likeness (QED) is 0.878. The van der Waals surface area contributed by atoms with Crippen LogP contribution in [0.4, 0.5) is 5.69 Å². The number of pyridine rings is 1. The van der Waals surface area contributed by atoms with E-state index in [0.717, 1.165) is 36.8 Å². The van der Waals surface area contributed by atoms with Crippen LogP contribution >= 0.6 is 0 Å². The predicted octanol–water partition coefficient (Wildman–Crippen LogP) is 3.58. The van der Waals surface area contributed by atoms with E-state index in [4.69, 9.17) is 4.98 Å². The van der Waals surface area contributed by atoms with E-state index >= 15 is 0 Å². The third-order valence-corrected chi connectivity index (χ3v) is 4.47. The van der Waals surface area contributed by atoms with Gasteiger partial charge in [0, 0.05) is 31.2 Å². The number of hydrogen-bond donors (Lipinski definition) is 1. The summed E-state index contributed by atoms with van der Waals surface area (Å²) in [6, 6.07) is 10.7. The van der Waals surface area contributed by atoms with Crippen LogP contribution in [-0.2, 0) is 6.54 Å². The predicted molar refractivity (Wildman–Crippen MR) is 89.7 cm³/mol. The van der Waals surface area contributed by atoms with Crippen LogP contribution in [0.25, 0.3) is 10.9 Å². The molecule has 112 valence electrons. The van der Waals surface area contributed by atoms with E-state index in [0.29, 0.717) is 0 Å². The molecule has 2 aromatic rings. The summed E-state index contributed by atoms with van der Waals surface area (Å²) in [5, 5.41) is 4.64. The summed E-state index contributed by atoms with van der Waals surface area (Å²) in [7, 11) is 2.22. The lowest BCUT2D eigenvalue weighted by atomic mass is 9.85. The van der Waals surface area contributed by atoms with Crippen LogP contribution in [0, 0.1) is 5.92 Å². The van der Waals surface area contributed by atoms with Crippen molar-refractivity contribution in [1.29, 1.82) is 0 Å². The summed E-state index contributed by atoms with van der Waals surface area (Å²) in [6.07, 6.45) is 4.18. The summed E-state index contributed by atoms with van der Waals surface area (Å²) in [5.74, 6) is 0.874. The standard InChI is InChI=1S/C18H25N3/c1-3-19-12-15-11-18(21(2)13-14-7-6-8-14)16-9-4-5-10-17(16)20-15/h4-5,9-11,14,19H,3,6-8,12-13H2,1-2H3. The van der Waals surface area contributed by atoms with E-state index in [1.807, 2.05) is 0 Å². The number of nitrogens with zero attached hydrogens (tertiary/aromatic N) is 2. The molecule has 0 unspecified atom stereocenters. The van der Waals surface area contributed by atoms with Gasteiger partial charge in [0.25, 0.3) is 0 Å². The molecule has 1 aliphatic carbocycles. The van der Waals surface area contributed by atoms with Crippen molar-refractivity contribution in [2.75, 3.05) is 25.0 Å². The molecule has 3 rings (SSSR count). The van der Waals surface area contributed by atoms with Gasteiger partial charge in [-0.2, -0.15) is 0 Å². The molecule has 3 nitrogen and oxygen atoms in total. The molecule has 1 aliphatic rings. The fourth-order valence-electron chi connectivity index (χ4n) is 3.03. The Balaban J connectivity index is 1.92. The highest BCUT2D eigenvalue weighted by Gasteiger charge is 2.20. The third kappa shape index (κ3) is 3.18. The average molecular weight is 283 g/mol. The Labute approximate surface area is 127 Å². The average Bonchev–Trinajstić information content (AvgIpc) is 2.47. The first kappa shape index (κ1) is 14.3. The number of rotatable bonds is 6. The van der Waals surface area contributed by atoms with E-state index < -0.39 is 0 Å². The summed E-state index contributed by atoms with van der Waals surface area (Å²) in [4.78, 5) is 7.20. The van der Waals surface area contributed by atoms with E-state index in [-0.39, 0.29) is 0 Å². The second-order valence-corrected chi connectivity index (χ2v) is 6.11. The van der Waals surface area contributed by atoms with Crippen molar-refractivity contribution in [3.05, 3.63) is 36.0 Å². The molecule has 0 bridgehead atoms. The molecular weight excluding hydrogens is 258 g/mol. The molecule has 1 aromatic carbocycles. The lowest BCUT2D eigenvalue weighted by Gasteiger charge is -2.32. The Hall–Kier alpha value is -1.61. The monoisotopic (exact) mass is 283 g/mol. The van der Waals surface area contributed by atoms with Crippen LogP contribution in [0.3, 0.4) is 0 Å². The number of anilines is 1. The van der Waals surface area contributed by atoms with Crippen molar-refractivity contribution in [2.24, 2.45) is 5.92 Å². The first-order valence-corrected chi connectivity index (χ1v) is 8.08. The van der Waals surface area contributed by atoms with E-state index in [2.05, 4.69) is 54.5 Å². The lowest BCUT2D eigenvalue weighted by molar-refractivity contribution is 0.321. The molecule has 0 spiro atoms. The van der Waals surface area contributed by atoms with Crippen molar-refractivity contribution in [2.45, 2.75) is 32.7 Å². The molecule has 1 fully saturated rings. The highest BCUT2D eigenvalue weighted by atomic mass is 15.1. The number of nitrogens with one attached hydrogen (secondary N) is 1. The summed E-state index contributed by atoms with van der Waals surface area (Å²) < 4.78 is 0. The second kappa shape index (κ2) is 6.44. The Morgan fingerprint density at radius 1 is 1.29 bits per heavy atom. The van der Waals surface area contributed by atoms with Crippen LogP contribution in [-0.4, -0.2) is 25.1 Å². The van der Waals surface area contributed by atoms with E-state index in [1.165, 1.54) is 30.3 Å². The maximum absolute atomic E-state index is 4.78. The van der Waals surface area contributed by atoms with Gasteiger partial charge in [0.15, 0.2) is 0 Å². The van der Waals surface area contributed by atoms with Gasteiger partial charge in [-0.05, 0) is 37.4 Å². The van der Waals surface area contributed by atoms with Crippen LogP contribution in [0.2, 0.25) is 0 Å². The highest BCUT2D eigenvalue weighted by Crippen LogP contribution is 2.31. The van der Waals surface area contributed by atoms with Gasteiger partial charge in [-0.3, -0.25) is 4.98 Å². The topological polar surface area (TPSA) is 28.2 Å². The molecule has 0 atom stereocenters. The fourth-order valence-corrected chi connectivity index (χ4v) is 3.03. The Morgan fingerprint density at radius 2 is 2.10 bits per heavy atom. The number of hydrogen-bond acceptors (Lipinski definition) is 3. The van der Waals surface area contributed by atoms with Gasteiger partial charge in [0.05, 0.1) is 11.2 Å². The largest absolute Gasteiger partial charge is 0.374 e. The minimum Gasteiger partial charge on any atom is -0.374 e. The molecular formula is C18H25N3. The maximum Gasteiger partial charge on any atom is 0.0726 e. The smallest absolute Gasteiger partial charge is 0.0726 e. The van der Waals surface area contributed by atoms with Gasteiger partial charge in [-0.15, -0.1) is 0 Å². The number of fused-ring (bicyclic) bond motifs is 1. The zero-order valence-electron chi connectivity index (χ0n) is 13.1. The van der Waals surface area contributed by atoms with E-state index in [1.54, 1.807) is 0 Å². The van der Waals surface area contributed by atoms with Crippen molar-refractivity contribution in [3.63, 3.8) is 0 Å². The molecule has 0 saturated heterocycles. The van der Waals surface area contributed by atoms with Crippen LogP contribution < -0.4 is 10.2 Å². The molecule has 21 heavy (non-hydrogen) atoms. The van der Waals surface area contributed by atoms with Crippen LogP contribution in [0.1, 0.15) is 31.9 Å². The lowest BCUT2D eigenvalue weighted by Crippen LogP contribution is -2.29. The Bertz CT molecular complexity index is 604. The van der Waals surface area contributed by atoms with Gasteiger partial charge < -0.3 is 10.2 Å². The van der Waals surface area contributed by atoms with Crippen molar-refractivity contribution in [3.8, 4) is 0 Å². The van der Waals surface area contributed by atoms with Gasteiger partial charge in [0.2, 0.25) is 0 Å². The molecule has 1 N–H and O–H groups in total. The number of para-hydroxylation sites is 1. The summed E-state index contributed by atoms with van der Waals surface area (Å²) in [6.45, 7) is 5.10. The maximum atomic E-state index is 4.78. The zero-order chi connectivity index (χ0) is 14.7. The molecule has 1 aromatic heterocycles. The van der Waals surface area contributed by atoms with Crippen molar-refractivity contribution >= 4 is 16.6 Å². The third-order valence-electron chi connectivity index (χ3n) is 4.47. The molecule has 0 amide bonds. The Kier molecular flexibility index (Phi) is 4.39. The molecule has 0 aliphatic heterocycles. The highest BCUT2D eigenvalue weighted by molar-refractivity contribution is 5.91. The van der Waals surface area contributed by atoms with Gasteiger partial charge >= 0.3 is 0 Å². The first-order valence-electron chi connectivity index (χ1n) is 8.08. The van der Waals surface area contributed by atoms with Crippen LogP contribution in [0.15, 0.2) is 30.3 Å². The molecule has 1 saturated carbocycles. The van der Waals surface area contributed by atoms with Crippen molar-refractivity contribution in [1.82, 2.24) is 10.3 Å². The van der Waals surface area contributed by atoms with Gasteiger partial charge in [-0.25, -0.2) is 0 Å². The fraction of sp³-hybridized carbons (Fsp3) is 0.500. The van der Waals surface area contributed by atoms with Gasteiger partial charge in [0.1, 0.15) is 0 Å². The minimum absolute atomic E-state index is 0.839. The molecule has 0 radical (unpaired) electrons. The summed E-state index contributed by atoms with van der Waals surface area (Å²) in [5.41, 5.74) is 3.55. The number of aromatic nitrogens is 1. The minimum atomic E-state index is 0.839.